The van der Waals surface area contributed by atoms with E-state index in [-0.39, 0.29) is 11.8 Å². The van der Waals surface area contributed by atoms with Crippen LogP contribution in [0.2, 0.25) is 0 Å². The zero-order valence-corrected chi connectivity index (χ0v) is 9.33. The van der Waals surface area contributed by atoms with Crippen molar-refractivity contribution in [3.05, 3.63) is 0 Å². The molecule has 13 heavy (non-hydrogen) atoms. The molecule has 78 valence electrons. The minimum absolute atomic E-state index is 0.0821. The normalized spacial score (nSPS) is 13.1. The molecule has 1 amide bonds. The average molecular weight is 187 g/mol. The van der Waals surface area contributed by atoms with Gasteiger partial charge in [-0.25, -0.2) is 5.06 Å². The highest BCUT2D eigenvalue weighted by atomic mass is 16.7. The van der Waals surface area contributed by atoms with Crippen LogP contribution < -0.4 is 0 Å². The van der Waals surface area contributed by atoms with E-state index >= 15 is 0 Å². The fourth-order valence-corrected chi connectivity index (χ4v) is 1.36. The Kier molecular flexibility index (Phi) is 5.71. The van der Waals surface area contributed by atoms with Gasteiger partial charge in [-0.3, -0.25) is 9.63 Å². The van der Waals surface area contributed by atoms with Crippen molar-refractivity contribution in [2.24, 2.45) is 11.8 Å². The first-order valence-corrected chi connectivity index (χ1v) is 4.84. The van der Waals surface area contributed by atoms with Crippen LogP contribution in [0.5, 0.6) is 0 Å². The van der Waals surface area contributed by atoms with Crippen molar-refractivity contribution >= 4 is 5.91 Å². The molecule has 0 aromatic rings. The average Bonchev–Trinajstić information content (AvgIpc) is 2.11. The largest absolute Gasteiger partial charge is 0.275 e. The highest BCUT2D eigenvalue weighted by Crippen LogP contribution is 2.17. The van der Waals surface area contributed by atoms with Crippen molar-refractivity contribution in [3.8, 4) is 0 Å². The van der Waals surface area contributed by atoms with E-state index in [1.807, 2.05) is 6.92 Å². The second kappa shape index (κ2) is 5.97. The predicted octanol–water partition coefficient (Wildman–Crippen LogP) is 2.08. The molecule has 0 aliphatic heterocycles. The maximum atomic E-state index is 11.6. The Hall–Kier alpha value is -0.570. The van der Waals surface area contributed by atoms with Crippen molar-refractivity contribution in [2.45, 2.75) is 33.6 Å². The number of carbonyl (C=O) groups excluding carboxylic acids is 1. The Morgan fingerprint density at radius 1 is 1.46 bits per heavy atom. The summed E-state index contributed by atoms with van der Waals surface area (Å²) in [5.41, 5.74) is 0. The molecule has 0 heterocycles. The monoisotopic (exact) mass is 187 g/mol. The van der Waals surface area contributed by atoms with E-state index in [0.29, 0.717) is 5.92 Å². The minimum Gasteiger partial charge on any atom is -0.275 e. The standard InChI is InChI=1S/C10H21NO2/c1-6-9(7-8(2)3)10(12)11(4)13-5/h8-9H,6-7H2,1-5H3. The highest BCUT2D eigenvalue weighted by Gasteiger charge is 2.21. The van der Waals surface area contributed by atoms with Crippen LogP contribution in [-0.2, 0) is 9.63 Å². The topological polar surface area (TPSA) is 29.5 Å². The lowest BCUT2D eigenvalue weighted by Crippen LogP contribution is -2.32. The van der Waals surface area contributed by atoms with E-state index in [1.165, 1.54) is 12.2 Å². The molecule has 0 aromatic carbocycles. The first kappa shape index (κ1) is 12.4. The molecule has 0 radical (unpaired) electrons. The third-order valence-corrected chi connectivity index (χ3v) is 2.18. The molecule has 1 atom stereocenters. The van der Waals surface area contributed by atoms with Crippen molar-refractivity contribution in [3.63, 3.8) is 0 Å². The maximum absolute atomic E-state index is 11.6. The third-order valence-electron chi connectivity index (χ3n) is 2.18. The van der Waals surface area contributed by atoms with E-state index in [1.54, 1.807) is 7.05 Å². The van der Waals surface area contributed by atoms with Gasteiger partial charge in [-0.15, -0.1) is 0 Å². The Bertz CT molecular complexity index is 157. The quantitative estimate of drug-likeness (QED) is 0.617. The van der Waals surface area contributed by atoms with Gasteiger partial charge in [0.2, 0.25) is 5.91 Å². The molecule has 1 unspecified atom stereocenters. The summed E-state index contributed by atoms with van der Waals surface area (Å²) in [4.78, 5) is 16.5. The van der Waals surface area contributed by atoms with Gasteiger partial charge in [-0.05, 0) is 18.8 Å². The number of hydrogen-bond acceptors (Lipinski definition) is 2. The van der Waals surface area contributed by atoms with E-state index in [9.17, 15) is 4.79 Å². The van der Waals surface area contributed by atoms with Gasteiger partial charge in [0, 0.05) is 13.0 Å². The van der Waals surface area contributed by atoms with Crippen LogP contribution in [0.3, 0.4) is 0 Å². The van der Waals surface area contributed by atoms with Crippen molar-refractivity contribution in [1.29, 1.82) is 0 Å². The minimum atomic E-state index is 0.0821. The highest BCUT2D eigenvalue weighted by molar-refractivity contribution is 5.77. The third kappa shape index (κ3) is 4.27. The number of nitrogens with zero attached hydrogens (tertiary/aromatic N) is 1. The van der Waals surface area contributed by atoms with Gasteiger partial charge in [-0.1, -0.05) is 20.8 Å². The molecule has 0 aliphatic carbocycles. The van der Waals surface area contributed by atoms with E-state index in [4.69, 9.17) is 4.84 Å². The van der Waals surface area contributed by atoms with Gasteiger partial charge in [0.05, 0.1) is 7.11 Å². The van der Waals surface area contributed by atoms with Crippen molar-refractivity contribution in [2.75, 3.05) is 14.2 Å². The molecule has 0 aliphatic rings. The summed E-state index contributed by atoms with van der Waals surface area (Å²) >= 11 is 0. The smallest absolute Gasteiger partial charge is 0.248 e. The zero-order chi connectivity index (χ0) is 10.4. The van der Waals surface area contributed by atoms with Crippen molar-refractivity contribution in [1.82, 2.24) is 5.06 Å². The van der Waals surface area contributed by atoms with Gasteiger partial charge in [-0.2, -0.15) is 0 Å². The van der Waals surface area contributed by atoms with Gasteiger partial charge in [0.1, 0.15) is 0 Å². The zero-order valence-electron chi connectivity index (χ0n) is 9.33. The summed E-state index contributed by atoms with van der Waals surface area (Å²) in [6, 6.07) is 0. The fraction of sp³-hybridized carbons (Fsp3) is 0.900. The molecule has 0 saturated heterocycles. The Labute approximate surface area is 81.0 Å². The molecule has 0 spiro atoms. The maximum Gasteiger partial charge on any atom is 0.248 e. The summed E-state index contributed by atoms with van der Waals surface area (Å²) in [5.74, 6) is 0.739. The molecule has 0 aromatic heterocycles. The summed E-state index contributed by atoms with van der Waals surface area (Å²) in [5, 5.41) is 1.32. The number of carbonyl (C=O) groups is 1. The molecule has 0 saturated carbocycles. The number of hydroxylamine groups is 2. The predicted molar refractivity (Wildman–Crippen MR) is 53.0 cm³/mol. The van der Waals surface area contributed by atoms with Gasteiger partial charge < -0.3 is 0 Å². The van der Waals surface area contributed by atoms with Crippen LogP contribution in [0.15, 0.2) is 0 Å². The van der Waals surface area contributed by atoms with Gasteiger partial charge in [0.15, 0.2) is 0 Å². The Balaban J connectivity index is 4.14. The first-order chi connectivity index (χ1) is 6.02. The summed E-state index contributed by atoms with van der Waals surface area (Å²) in [6.07, 6.45) is 1.81. The molecule has 0 N–H and O–H groups in total. The lowest BCUT2D eigenvalue weighted by atomic mass is 9.94. The van der Waals surface area contributed by atoms with Crippen molar-refractivity contribution < 1.29 is 9.63 Å². The summed E-state index contributed by atoms with van der Waals surface area (Å²) < 4.78 is 0. The van der Waals surface area contributed by atoms with Crippen LogP contribution in [0.1, 0.15) is 33.6 Å². The van der Waals surface area contributed by atoms with Crippen LogP contribution in [-0.4, -0.2) is 25.1 Å². The molecule has 0 rings (SSSR count). The van der Waals surface area contributed by atoms with Gasteiger partial charge >= 0.3 is 0 Å². The molecular formula is C10H21NO2. The first-order valence-electron chi connectivity index (χ1n) is 4.84. The van der Waals surface area contributed by atoms with Crippen LogP contribution in [0, 0.1) is 11.8 Å². The second-order valence-corrected chi connectivity index (χ2v) is 3.75. The number of amides is 1. The molecule has 3 heteroatoms. The lowest BCUT2D eigenvalue weighted by Gasteiger charge is -2.21. The van der Waals surface area contributed by atoms with Crippen LogP contribution in [0.25, 0.3) is 0 Å². The fourth-order valence-electron chi connectivity index (χ4n) is 1.36. The van der Waals surface area contributed by atoms with E-state index < -0.39 is 0 Å². The Morgan fingerprint density at radius 2 is 2.00 bits per heavy atom. The second-order valence-electron chi connectivity index (χ2n) is 3.75. The molecule has 3 nitrogen and oxygen atoms in total. The molecular weight excluding hydrogens is 166 g/mol. The number of rotatable bonds is 5. The van der Waals surface area contributed by atoms with Crippen LogP contribution >= 0.6 is 0 Å². The Morgan fingerprint density at radius 3 is 2.31 bits per heavy atom. The lowest BCUT2D eigenvalue weighted by molar-refractivity contribution is -0.174. The summed E-state index contributed by atoms with van der Waals surface area (Å²) in [7, 11) is 3.17. The number of hydrogen-bond donors (Lipinski definition) is 0. The van der Waals surface area contributed by atoms with Gasteiger partial charge in [0.25, 0.3) is 0 Å². The molecule has 0 bridgehead atoms. The summed E-state index contributed by atoms with van der Waals surface area (Å²) in [6.45, 7) is 6.29. The van der Waals surface area contributed by atoms with Crippen LogP contribution in [0.4, 0.5) is 0 Å². The SMILES string of the molecule is CCC(CC(C)C)C(=O)N(C)OC. The van der Waals surface area contributed by atoms with E-state index in [0.717, 1.165) is 12.8 Å². The molecule has 0 fully saturated rings. The van der Waals surface area contributed by atoms with E-state index in [2.05, 4.69) is 13.8 Å².